The monoisotopic (exact) mass is 241 g/mol. The van der Waals surface area contributed by atoms with E-state index in [0.717, 1.165) is 25.3 Å². The Labute approximate surface area is 102 Å². The molecule has 0 spiro atoms. The van der Waals surface area contributed by atoms with Crippen LogP contribution in [0.5, 0.6) is 0 Å². The maximum atomic E-state index is 13.0. The number of hydrogen-bond acceptors (Lipinski definition) is 1. The fourth-order valence-electron chi connectivity index (χ4n) is 1.92. The standard InChI is InChI=1S/C14H21F2N/c1-10(2)4-3-5-14(17)8-11-6-12(15)9-13(16)7-11/h6-7,9-10,14H,3-5,8,17H2,1-2H3. The molecule has 0 aliphatic carbocycles. The molecule has 1 nitrogen and oxygen atoms in total. The van der Waals surface area contributed by atoms with Crippen LogP contribution >= 0.6 is 0 Å². The first kappa shape index (κ1) is 14.1. The van der Waals surface area contributed by atoms with Crippen LogP contribution in [0.15, 0.2) is 18.2 Å². The van der Waals surface area contributed by atoms with Crippen molar-refractivity contribution in [1.29, 1.82) is 0 Å². The molecule has 1 aromatic rings. The molecular weight excluding hydrogens is 220 g/mol. The molecule has 96 valence electrons. The van der Waals surface area contributed by atoms with Crippen LogP contribution in [0.1, 0.15) is 38.7 Å². The van der Waals surface area contributed by atoms with Gasteiger partial charge in [0.15, 0.2) is 0 Å². The molecular formula is C14H21F2N. The first-order valence-corrected chi connectivity index (χ1v) is 6.18. The van der Waals surface area contributed by atoms with Crippen molar-refractivity contribution < 1.29 is 8.78 Å². The highest BCUT2D eigenvalue weighted by atomic mass is 19.1. The molecule has 1 unspecified atom stereocenters. The second kappa shape index (κ2) is 6.70. The maximum Gasteiger partial charge on any atom is 0.126 e. The molecule has 0 aliphatic heterocycles. The van der Waals surface area contributed by atoms with E-state index in [1.54, 1.807) is 0 Å². The molecule has 0 aliphatic rings. The molecule has 0 saturated carbocycles. The van der Waals surface area contributed by atoms with E-state index in [9.17, 15) is 8.78 Å². The highest BCUT2D eigenvalue weighted by molar-refractivity contribution is 5.18. The van der Waals surface area contributed by atoms with Crippen LogP contribution < -0.4 is 5.73 Å². The van der Waals surface area contributed by atoms with Crippen LogP contribution in [0.25, 0.3) is 0 Å². The van der Waals surface area contributed by atoms with E-state index in [1.165, 1.54) is 12.1 Å². The van der Waals surface area contributed by atoms with Gasteiger partial charge in [0, 0.05) is 12.1 Å². The normalized spacial score (nSPS) is 13.1. The quantitative estimate of drug-likeness (QED) is 0.808. The molecule has 1 atom stereocenters. The van der Waals surface area contributed by atoms with Crippen molar-refractivity contribution in [2.45, 2.75) is 45.6 Å². The average Bonchev–Trinajstić information content (AvgIpc) is 2.14. The third kappa shape index (κ3) is 5.78. The molecule has 2 N–H and O–H groups in total. The molecule has 0 amide bonds. The zero-order valence-corrected chi connectivity index (χ0v) is 10.5. The van der Waals surface area contributed by atoms with E-state index in [4.69, 9.17) is 5.73 Å². The van der Waals surface area contributed by atoms with E-state index in [1.807, 2.05) is 0 Å². The van der Waals surface area contributed by atoms with Crippen molar-refractivity contribution >= 4 is 0 Å². The Bertz CT molecular complexity index is 330. The summed E-state index contributed by atoms with van der Waals surface area (Å²) in [4.78, 5) is 0. The number of hydrogen-bond donors (Lipinski definition) is 1. The van der Waals surface area contributed by atoms with E-state index in [2.05, 4.69) is 13.8 Å². The van der Waals surface area contributed by atoms with Crippen LogP contribution in [-0.4, -0.2) is 6.04 Å². The van der Waals surface area contributed by atoms with Gasteiger partial charge < -0.3 is 5.73 Å². The molecule has 0 aromatic heterocycles. The lowest BCUT2D eigenvalue weighted by Gasteiger charge is -2.12. The number of halogens is 2. The van der Waals surface area contributed by atoms with E-state index >= 15 is 0 Å². The molecule has 0 radical (unpaired) electrons. The van der Waals surface area contributed by atoms with Gasteiger partial charge in [0.05, 0.1) is 0 Å². The fraction of sp³-hybridized carbons (Fsp3) is 0.571. The Hall–Kier alpha value is -0.960. The SMILES string of the molecule is CC(C)CCCC(N)Cc1cc(F)cc(F)c1. The summed E-state index contributed by atoms with van der Waals surface area (Å²) in [5.41, 5.74) is 6.59. The van der Waals surface area contributed by atoms with Gasteiger partial charge >= 0.3 is 0 Å². The minimum absolute atomic E-state index is 0.0186. The zero-order chi connectivity index (χ0) is 12.8. The van der Waals surface area contributed by atoms with Gasteiger partial charge in [0.1, 0.15) is 11.6 Å². The highest BCUT2D eigenvalue weighted by Crippen LogP contribution is 2.13. The lowest BCUT2D eigenvalue weighted by Crippen LogP contribution is -2.22. The lowest BCUT2D eigenvalue weighted by atomic mass is 9.99. The molecule has 0 saturated heterocycles. The summed E-state index contributed by atoms with van der Waals surface area (Å²) < 4.78 is 25.9. The zero-order valence-electron chi connectivity index (χ0n) is 10.5. The van der Waals surface area contributed by atoms with Gasteiger partial charge in [-0.25, -0.2) is 8.78 Å². The summed E-state index contributed by atoms with van der Waals surface area (Å²) in [6.07, 6.45) is 3.64. The topological polar surface area (TPSA) is 26.0 Å². The summed E-state index contributed by atoms with van der Waals surface area (Å²) in [5, 5.41) is 0. The maximum absolute atomic E-state index is 13.0. The Morgan fingerprint density at radius 1 is 1.06 bits per heavy atom. The van der Waals surface area contributed by atoms with Gasteiger partial charge in [0.25, 0.3) is 0 Å². The van der Waals surface area contributed by atoms with Gasteiger partial charge in [-0.3, -0.25) is 0 Å². The van der Waals surface area contributed by atoms with Gasteiger partial charge in [0.2, 0.25) is 0 Å². The second-order valence-electron chi connectivity index (χ2n) is 5.07. The largest absolute Gasteiger partial charge is 0.327 e. The van der Waals surface area contributed by atoms with E-state index < -0.39 is 11.6 Å². The molecule has 3 heteroatoms. The van der Waals surface area contributed by atoms with Gasteiger partial charge in [-0.2, -0.15) is 0 Å². The summed E-state index contributed by atoms with van der Waals surface area (Å²) >= 11 is 0. The molecule has 1 rings (SSSR count). The summed E-state index contributed by atoms with van der Waals surface area (Å²) in [6, 6.07) is 3.57. The van der Waals surface area contributed by atoms with Crippen LogP contribution in [0.4, 0.5) is 8.78 Å². The molecule has 17 heavy (non-hydrogen) atoms. The third-order valence-electron chi connectivity index (χ3n) is 2.78. The molecule has 0 fully saturated rings. The van der Waals surface area contributed by atoms with Crippen molar-refractivity contribution in [1.82, 2.24) is 0 Å². The van der Waals surface area contributed by atoms with Crippen LogP contribution in [0.3, 0.4) is 0 Å². The number of nitrogens with two attached hydrogens (primary N) is 1. The van der Waals surface area contributed by atoms with Crippen molar-refractivity contribution in [3.63, 3.8) is 0 Å². The van der Waals surface area contributed by atoms with Crippen molar-refractivity contribution in [3.05, 3.63) is 35.4 Å². The molecule has 0 heterocycles. The minimum Gasteiger partial charge on any atom is -0.327 e. The average molecular weight is 241 g/mol. The predicted molar refractivity (Wildman–Crippen MR) is 66.7 cm³/mol. The van der Waals surface area contributed by atoms with Crippen LogP contribution in [0, 0.1) is 17.6 Å². The lowest BCUT2D eigenvalue weighted by molar-refractivity contribution is 0.494. The number of benzene rings is 1. The fourth-order valence-corrected chi connectivity index (χ4v) is 1.92. The Morgan fingerprint density at radius 2 is 1.65 bits per heavy atom. The Kier molecular flexibility index (Phi) is 5.56. The van der Waals surface area contributed by atoms with E-state index in [0.29, 0.717) is 17.9 Å². The summed E-state index contributed by atoms with van der Waals surface area (Å²) in [5.74, 6) is -0.391. The molecule has 0 bridgehead atoms. The van der Waals surface area contributed by atoms with Crippen molar-refractivity contribution in [2.75, 3.05) is 0 Å². The highest BCUT2D eigenvalue weighted by Gasteiger charge is 2.07. The van der Waals surface area contributed by atoms with Gasteiger partial charge in [-0.1, -0.05) is 26.7 Å². The summed E-state index contributed by atoms with van der Waals surface area (Å²) in [6.45, 7) is 4.35. The molecule has 1 aromatic carbocycles. The van der Waals surface area contributed by atoms with Crippen LogP contribution in [-0.2, 0) is 6.42 Å². The smallest absolute Gasteiger partial charge is 0.126 e. The first-order valence-electron chi connectivity index (χ1n) is 6.18. The van der Waals surface area contributed by atoms with Crippen molar-refractivity contribution in [3.8, 4) is 0 Å². The second-order valence-corrected chi connectivity index (χ2v) is 5.07. The van der Waals surface area contributed by atoms with Crippen LogP contribution in [0.2, 0.25) is 0 Å². The van der Waals surface area contributed by atoms with Gasteiger partial charge in [-0.05, 0) is 36.5 Å². The number of rotatable bonds is 6. The van der Waals surface area contributed by atoms with Crippen molar-refractivity contribution in [2.24, 2.45) is 11.7 Å². The Balaban J connectivity index is 2.42. The third-order valence-corrected chi connectivity index (χ3v) is 2.78. The summed E-state index contributed by atoms with van der Waals surface area (Å²) in [7, 11) is 0. The predicted octanol–water partition coefficient (Wildman–Crippen LogP) is 3.66. The first-order chi connectivity index (χ1) is 7.97. The Morgan fingerprint density at radius 3 is 2.18 bits per heavy atom. The van der Waals surface area contributed by atoms with Gasteiger partial charge in [-0.15, -0.1) is 0 Å². The van der Waals surface area contributed by atoms with E-state index in [-0.39, 0.29) is 6.04 Å². The minimum atomic E-state index is -0.533.